The Bertz CT molecular complexity index is 886. The number of anilines is 1. The maximum atomic E-state index is 4.69. The van der Waals surface area contributed by atoms with Gasteiger partial charge in [-0.3, -0.25) is 0 Å². The number of nitrogens with one attached hydrogen (secondary N) is 2. The Morgan fingerprint density at radius 1 is 1.22 bits per heavy atom. The summed E-state index contributed by atoms with van der Waals surface area (Å²) in [6, 6.07) is 10.3. The van der Waals surface area contributed by atoms with E-state index in [0.29, 0.717) is 11.7 Å². The first-order valence-electron chi connectivity index (χ1n) is 9.29. The molecule has 2 N–H and O–H groups in total. The van der Waals surface area contributed by atoms with Crippen molar-refractivity contribution in [3.05, 3.63) is 47.4 Å². The monoisotopic (exact) mass is 364 g/mol. The highest BCUT2D eigenvalue weighted by Crippen LogP contribution is 2.25. The van der Waals surface area contributed by atoms with E-state index in [-0.39, 0.29) is 0 Å². The Hall–Kier alpha value is -2.87. The number of aromatic amines is 1. The first-order chi connectivity index (χ1) is 13.2. The summed E-state index contributed by atoms with van der Waals surface area (Å²) in [6.45, 7) is 4.80. The third-order valence-corrected chi connectivity index (χ3v) is 4.90. The minimum atomic E-state index is 0.467. The lowest BCUT2D eigenvalue weighted by atomic mass is 9.96. The lowest BCUT2D eigenvalue weighted by Gasteiger charge is -2.24. The summed E-state index contributed by atoms with van der Waals surface area (Å²) in [7, 11) is 2.06. The van der Waals surface area contributed by atoms with E-state index in [0.717, 1.165) is 48.1 Å². The highest BCUT2D eigenvalue weighted by atomic mass is 15.5. The van der Waals surface area contributed by atoms with Gasteiger partial charge in [-0.1, -0.05) is 18.2 Å². The zero-order chi connectivity index (χ0) is 18.6. The average molecular weight is 364 g/mol. The zero-order valence-corrected chi connectivity index (χ0v) is 15.7. The highest BCUT2D eigenvalue weighted by molar-refractivity contribution is 5.55. The van der Waals surface area contributed by atoms with E-state index in [1.807, 2.05) is 19.1 Å². The van der Waals surface area contributed by atoms with Gasteiger partial charge in [0, 0.05) is 37.7 Å². The van der Waals surface area contributed by atoms with E-state index in [4.69, 9.17) is 4.98 Å². The van der Waals surface area contributed by atoms with Gasteiger partial charge in [-0.25, -0.2) is 9.97 Å². The number of hydrogen-bond donors (Lipinski definition) is 2. The van der Waals surface area contributed by atoms with E-state index >= 15 is 0 Å². The maximum absolute atomic E-state index is 4.69. The maximum Gasteiger partial charge on any atom is 0.204 e. The summed E-state index contributed by atoms with van der Waals surface area (Å²) in [5.74, 6) is 2.84. The Labute approximate surface area is 158 Å². The van der Waals surface area contributed by atoms with Crippen LogP contribution in [0.15, 0.2) is 30.3 Å². The number of rotatable bonds is 5. The normalized spacial score (nSPS) is 17.0. The molecular weight excluding hydrogens is 340 g/mol. The number of H-pyrrole nitrogens is 1. The van der Waals surface area contributed by atoms with Gasteiger partial charge in [0.1, 0.15) is 11.6 Å². The molecule has 2 aromatic heterocycles. The van der Waals surface area contributed by atoms with E-state index < -0.39 is 0 Å². The third kappa shape index (κ3) is 4.11. The number of aryl methyl sites for hydroxylation is 1. The summed E-state index contributed by atoms with van der Waals surface area (Å²) >= 11 is 0. The Morgan fingerprint density at radius 2 is 2.15 bits per heavy atom. The Balaban J connectivity index is 1.53. The van der Waals surface area contributed by atoms with Gasteiger partial charge in [0.2, 0.25) is 5.82 Å². The number of benzene rings is 1. The highest BCUT2D eigenvalue weighted by Gasteiger charge is 2.18. The summed E-state index contributed by atoms with van der Waals surface area (Å²) in [4.78, 5) is 11.5. The summed E-state index contributed by atoms with van der Waals surface area (Å²) < 4.78 is 0. The fraction of sp³-hybridized carbons (Fsp3) is 0.421. The lowest BCUT2D eigenvalue weighted by Crippen LogP contribution is -2.29. The van der Waals surface area contributed by atoms with Crippen molar-refractivity contribution in [2.75, 3.05) is 25.0 Å². The van der Waals surface area contributed by atoms with Crippen molar-refractivity contribution < 1.29 is 0 Å². The summed E-state index contributed by atoms with van der Waals surface area (Å²) in [6.07, 6.45) is 2.38. The van der Waals surface area contributed by atoms with Gasteiger partial charge in [0.25, 0.3) is 0 Å². The first-order valence-corrected chi connectivity index (χ1v) is 9.29. The number of hydrogen-bond acceptors (Lipinski definition) is 7. The predicted molar refractivity (Wildman–Crippen MR) is 103 cm³/mol. The minimum absolute atomic E-state index is 0.467. The van der Waals surface area contributed by atoms with E-state index in [1.54, 1.807) is 0 Å². The zero-order valence-electron chi connectivity index (χ0n) is 15.7. The number of tetrazole rings is 1. The molecule has 1 unspecified atom stereocenters. The molecule has 1 aromatic carbocycles. The SMILES string of the molecule is Cc1nc(C2CCCNC2)cc(N(C)Cc2cccc(-c3nn[nH]n3)c2)n1. The van der Waals surface area contributed by atoms with Crippen LogP contribution in [0.5, 0.6) is 0 Å². The molecule has 0 bridgehead atoms. The van der Waals surface area contributed by atoms with Gasteiger partial charge in [-0.15, -0.1) is 10.2 Å². The van der Waals surface area contributed by atoms with Gasteiger partial charge in [-0.2, -0.15) is 5.21 Å². The molecule has 8 nitrogen and oxygen atoms in total. The fourth-order valence-electron chi connectivity index (χ4n) is 3.53. The summed E-state index contributed by atoms with van der Waals surface area (Å²) in [5.41, 5.74) is 3.25. The van der Waals surface area contributed by atoms with Gasteiger partial charge >= 0.3 is 0 Å². The molecule has 1 aliphatic heterocycles. The van der Waals surface area contributed by atoms with Crippen molar-refractivity contribution in [3.8, 4) is 11.4 Å². The molecule has 4 rings (SSSR count). The quantitative estimate of drug-likeness (QED) is 0.715. The third-order valence-electron chi connectivity index (χ3n) is 4.90. The van der Waals surface area contributed by atoms with Crippen LogP contribution in [0.3, 0.4) is 0 Å². The standard InChI is InChI=1S/C19H24N8/c1-13-21-17(16-7-4-8-20-11-16)10-18(22-13)27(2)12-14-5-3-6-15(9-14)19-23-25-26-24-19/h3,5-6,9-10,16,20H,4,7-8,11-12H2,1-2H3,(H,23,24,25,26). The van der Waals surface area contributed by atoms with Crippen LogP contribution in [0.1, 0.15) is 35.8 Å². The number of nitrogens with zero attached hydrogens (tertiary/aromatic N) is 6. The fourth-order valence-corrected chi connectivity index (χ4v) is 3.53. The molecule has 0 saturated carbocycles. The largest absolute Gasteiger partial charge is 0.355 e. The van der Waals surface area contributed by atoms with E-state index in [2.05, 4.69) is 61.1 Å². The summed E-state index contributed by atoms with van der Waals surface area (Å²) in [5, 5.41) is 17.7. The molecule has 1 aliphatic rings. The second-order valence-corrected chi connectivity index (χ2v) is 7.03. The average Bonchev–Trinajstić information content (AvgIpc) is 3.23. The Kier molecular flexibility index (Phi) is 5.06. The van der Waals surface area contributed by atoms with Crippen molar-refractivity contribution in [1.82, 2.24) is 35.9 Å². The second-order valence-electron chi connectivity index (χ2n) is 7.03. The van der Waals surface area contributed by atoms with Crippen LogP contribution in [-0.2, 0) is 6.54 Å². The molecule has 0 radical (unpaired) electrons. The van der Waals surface area contributed by atoms with Crippen LogP contribution in [-0.4, -0.2) is 50.7 Å². The lowest BCUT2D eigenvalue weighted by molar-refractivity contribution is 0.453. The minimum Gasteiger partial charge on any atom is -0.355 e. The van der Waals surface area contributed by atoms with E-state index in [1.165, 1.54) is 12.8 Å². The van der Waals surface area contributed by atoms with Gasteiger partial charge in [0.15, 0.2) is 0 Å². The molecule has 0 spiro atoms. The molecule has 8 heteroatoms. The topological polar surface area (TPSA) is 95.5 Å². The molecule has 0 amide bonds. The van der Waals surface area contributed by atoms with Crippen LogP contribution in [0.2, 0.25) is 0 Å². The Morgan fingerprint density at radius 3 is 2.93 bits per heavy atom. The van der Waals surface area contributed by atoms with Gasteiger partial charge < -0.3 is 10.2 Å². The van der Waals surface area contributed by atoms with Crippen molar-refractivity contribution in [2.45, 2.75) is 32.2 Å². The van der Waals surface area contributed by atoms with Crippen molar-refractivity contribution in [3.63, 3.8) is 0 Å². The van der Waals surface area contributed by atoms with E-state index in [9.17, 15) is 0 Å². The molecule has 3 aromatic rings. The second kappa shape index (κ2) is 7.79. The first kappa shape index (κ1) is 17.5. The van der Waals surface area contributed by atoms with Gasteiger partial charge in [-0.05, 0) is 43.2 Å². The van der Waals surface area contributed by atoms with Crippen LogP contribution >= 0.6 is 0 Å². The predicted octanol–water partition coefficient (Wildman–Crippen LogP) is 2.07. The molecule has 1 atom stereocenters. The van der Waals surface area contributed by atoms with Crippen LogP contribution in [0, 0.1) is 6.92 Å². The molecule has 3 heterocycles. The molecular formula is C19H24N8. The smallest absolute Gasteiger partial charge is 0.204 e. The van der Waals surface area contributed by atoms with Crippen LogP contribution in [0.4, 0.5) is 5.82 Å². The van der Waals surface area contributed by atoms with Crippen molar-refractivity contribution in [2.24, 2.45) is 0 Å². The van der Waals surface area contributed by atoms with Crippen molar-refractivity contribution in [1.29, 1.82) is 0 Å². The molecule has 0 aliphatic carbocycles. The molecule has 1 saturated heterocycles. The molecule has 1 fully saturated rings. The van der Waals surface area contributed by atoms with Crippen molar-refractivity contribution >= 4 is 5.82 Å². The van der Waals surface area contributed by atoms with Crippen LogP contribution in [0.25, 0.3) is 11.4 Å². The number of aromatic nitrogens is 6. The molecule has 140 valence electrons. The van der Waals surface area contributed by atoms with Crippen LogP contribution < -0.4 is 10.2 Å². The molecule has 27 heavy (non-hydrogen) atoms. The van der Waals surface area contributed by atoms with Gasteiger partial charge in [0.05, 0.1) is 5.69 Å². The number of piperidine rings is 1.